The van der Waals surface area contributed by atoms with E-state index in [1.165, 1.54) is 18.2 Å². The van der Waals surface area contributed by atoms with Crippen LogP contribution in [0.3, 0.4) is 0 Å². The molecule has 0 unspecified atom stereocenters. The summed E-state index contributed by atoms with van der Waals surface area (Å²) in [5.74, 6) is -0.783. The third-order valence-electron chi connectivity index (χ3n) is 6.36. The molecule has 1 aliphatic heterocycles. The zero-order valence-electron chi connectivity index (χ0n) is 20.5. The van der Waals surface area contributed by atoms with Crippen molar-refractivity contribution >= 4 is 17.5 Å². The van der Waals surface area contributed by atoms with Gasteiger partial charge in [-0.3, -0.25) is 14.5 Å². The first-order valence-electron chi connectivity index (χ1n) is 11.6. The summed E-state index contributed by atoms with van der Waals surface area (Å²) < 4.78 is 25.9. The molecule has 2 aromatic rings. The second-order valence-corrected chi connectivity index (χ2v) is 8.83. The summed E-state index contributed by atoms with van der Waals surface area (Å²) in [5, 5.41) is 2.70. The quantitative estimate of drug-likeness (QED) is 0.732. The molecule has 0 bridgehead atoms. The van der Waals surface area contributed by atoms with Crippen molar-refractivity contribution in [3.05, 3.63) is 59.4 Å². The zero-order chi connectivity index (χ0) is 24.8. The smallest absolute Gasteiger partial charge is 0.258 e. The predicted molar refractivity (Wildman–Crippen MR) is 130 cm³/mol. The first-order valence-corrected chi connectivity index (χ1v) is 11.6. The molecule has 0 aromatic heterocycles. The van der Waals surface area contributed by atoms with Gasteiger partial charge in [0.05, 0.1) is 17.2 Å². The molecular formula is C26H34FN3O4. The number of rotatable bonds is 4. The maximum atomic E-state index is 14.0. The van der Waals surface area contributed by atoms with Crippen LogP contribution in [0.4, 0.5) is 10.1 Å². The van der Waals surface area contributed by atoms with Crippen LogP contribution in [0.15, 0.2) is 42.5 Å². The standard InChI is InChI=1S/C26H34FN3O4/c1-6-30-14-17(2)24(33-5)15-29(4)26(32)21-12-11-19(13-23(21)34-16-18(30)3)28-25(31)20-9-7-8-10-22(20)27/h7-13,17-18,24H,6,14-16H2,1-5H3,(H,28,31)/t17-,18-,24-/m1/s1. The van der Waals surface area contributed by atoms with Crippen LogP contribution in [0.25, 0.3) is 0 Å². The minimum absolute atomic E-state index is 0.0565. The van der Waals surface area contributed by atoms with Gasteiger partial charge in [-0.1, -0.05) is 26.0 Å². The first-order chi connectivity index (χ1) is 16.2. The van der Waals surface area contributed by atoms with Gasteiger partial charge >= 0.3 is 0 Å². The van der Waals surface area contributed by atoms with Crippen molar-refractivity contribution in [2.75, 3.05) is 45.7 Å². The zero-order valence-corrected chi connectivity index (χ0v) is 20.5. The Morgan fingerprint density at radius 1 is 1.21 bits per heavy atom. The maximum Gasteiger partial charge on any atom is 0.258 e. The highest BCUT2D eigenvalue weighted by atomic mass is 19.1. The number of likely N-dealkylation sites (N-methyl/N-ethyl adjacent to an activating group) is 2. The number of anilines is 1. The Morgan fingerprint density at radius 3 is 2.62 bits per heavy atom. The highest BCUT2D eigenvalue weighted by Crippen LogP contribution is 2.27. The Kier molecular flexibility index (Phi) is 8.63. The highest BCUT2D eigenvalue weighted by Gasteiger charge is 2.28. The van der Waals surface area contributed by atoms with E-state index < -0.39 is 11.7 Å². The van der Waals surface area contributed by atoms with Crippen molar-refractivity contribution in [1.82, 2.24) is 9.80 Å². The third-order valence-corrected chi connectivity index (χ3v) is 6.36. The summed E-state index contributed by atoms with van der Waals surface area (Å²) in [4.78, 5) is 29.8. The van der Waals surface area contributed by atoms with E-state index in [0.29, 0.717) is 30.2 Å². The molecule has 0 saturated heterocycles. The fourth-order valence-corrected chi connectivity index (χ4v) is 4.21. The molecule has 3 rings (SSSR count). The van der Waals surface area contributed by atoms with Gasteiger partial charge in [-0.2, -0.15) is 0 Å². The number of carbonyl (C=O) groups is 2. The Balaban J connectivity index is 1.92. The van der Waals surface area contributed by atoms with Gasteiger partial charge in [-0.15, -0.1) is 0 Å². The lowest BCUT2D eigenvalue weighted by Crippen LogP contribution is -2.46. The number of hydrogen-bond donors (Lipinski definition) is 1. The Hall–Kier alpha value is -2.97. The fourth-order valence-electron chi connectivity index (χ4n) is 4.21. The van der Waals surface area contributed by atoms with E-state index in [-0.39, 0.29) is 29.5 Å². The van der Waals surface area contributed by atoms with Crippen molar-refractivity contribution < 1.29 is 23.5 Å². The molecule has 7 nitrogen and oxygen atoms in total. The molecule has 1 N–H and O–H groups in total. The highest BCUT2D eigenvalue weighted by molar-refractivity contribution is 6.05. The number of carbonyl (C=O) groups excluding carboxylic acids is 2. The summed E-state index contributed by atoms with van der Waals surface area (Å²) in [6.07, 6.45) is -0.113. The molecule has 0 saturated carbocycles. The molecule has 0 spiro atoms. The number of ether oxygens (including phenoxy) is 2. The van der Waals surface area contributed by atoms with E-state index in [1.807, 2.05) is 0 Å². The van der Waals surface area contributed by atoms with Crippen LogP contribution in [0.5, 0.6) is 5.75 Å². The molecule has 0 fully saturated rings. The van der Waals surface area contributed by atoms with Gasteiger partial charge < -0.3 is 19.7 Å². The average Bonchev–Trinajstić information content (AvgIpc) is 2.83. The molecule has 3 atom stereocenters. The lowest BCUT2D eigenvalue weighted by molar-refractivity contribution is 0.0116. The second kappa shape index (κ2) is 11.4. The van der Waals surface area contributed by atoms with E-state index in [9.17, 15) is 14.0 Å². The van der Waals surface area contributed by atoms with Gasteiger partial charge in [0.25, 0.3) is 11.8 Å². The SMILES string of the molecule is CCN1C[C@@H](C)[C@H](OC)CN(C)C(=O)c2ccc(NC(=O)c3ccccc3F)cc2OC[C@H]1C. The molecule has 0 radical (unpaired) electrons. The van der Waals surface area contributed by atoms with E-state index in [0.717, 1.165) is 13.1 Å². The predicted octanol–water partition coefficient (Wildman–Crippen LogP) is 3.90. The Bertz CT molecular complexity index is 1020. The summed E-state index contributed by atoms with van der Waals surface area (Å²) in [6, 6.07) is 10.7. The number of nitrogens with one attached hydrogen (secondary N) is 1. The normalized spacial score (nSPS) is 22.2. The fraction of sp³-hybridized carbons (Fsp3) is 0.462. The molecule has 2 aromatic carbocycles. The van der Waals surface area contributed by atoms with E-state index in [1.54, 1.807) is 43.3 Å². The number of methoxy groups -OCH3 is 1. The molecule has 0 aliphatic carbocycles. The van der Waals surface area contributed by atoms with Crippen LogP contribution in [0, 0.1) is 11.7 Å². The number of nitrogens with zero attached hydrogens (tertiary/aromatic N) is 2. The molecule has 184 valence electrons. The van der Waals surface area contributed by atoms with Crippen molar-refractivity contribution in [3.63, 3.8) is 0 Å². The van der Waals surface area contributed by atoms with Crippen molar-refractivity contribution in [2.45, 2.75) is 32.9 Å². The minimum Gasteiger partial charge on any atom is -0.491 e. The van der Waals surface area contributed by atoms with Gasteiger partial charge in [-0.05, 0) is 43.7 Å². The van der Waals surface area contributed by atoms with Gasteiger partial charge in [-0.25, -0.2) is 4.39 Å². The first kappa shape index (κ1) is 25.6. The largest absolute Gasteiger partial charge is 0.491 e. The number of fused-ring (bicyclic) bond motifs is 1. The summed E-state index contributed by atoms with van der Waals surface area (Å²) >= 11 is 0. The monoisotopic (exact) mass is 471 g/mol. The van der Waals surface area contributed by atoms with Crippen LogP contribution < -0.4 is 10.1 Å². The Morgan fingerprint density at radius 2 is 1.94 bits per heavy atom. The third kappa shape index (κ3) is 5.93. The number of halogens is 1. The van der Waals surface area contributed by atoms with Gasteiger partial charge in [0, 0.05) is 45.0 Å². The summed E-state index contributed by atoms with van der Waals surface area (Å²) in [6.45, 7) is 8.80. The van der Waals surface area contributed by atoms with Crippen LogP contribution in [0.1, 0.15) is 41.5 Å². The number of amides is 2. The van der Waals surface area contributed by atoms with Crippen molar-refractivity contribution in [3.8, 4) is 5.75 Å². The molecule has 34 heavy (non-hydrogen) atoms. The summed E-state index contributed by atoms with van der Waals surface area (Å²) in [5.41, 5.74) is 0.751. The summed E-state index contributed by atoms with van der Waals surface area (Å²) in [7, 11) is 3.41. The lowest BCUT2D eigenvalue weighted by atomic mass is 10.0. The second-order valence-electron chi connectivity index (χ2n) is 8.83. The molecule has 2 amide bonds. The molecule has 1 aliphatic rings. The van der Waals surface area contributed by atoms with Crippen LogP contribution >= 0.6 is 0 Å². The van der Waals surface area contributed by atoms with Crippen molar-refractivity contribution in [2.24, 2.45) is 5.92 Å². The molecule has 1 heterocycles. The van der Waals surface area contributed by atoms with Crippen LogP contribution in [-0.4, -0.2) is 74.2 Å². The number of hydrogen-bond acceptors (Lipinski definition) is 5. The average molecular weight is 472 g/mol. The minimum atomic E-state index is -0.602. The molecular weight excluding hydrogens is 437 g/mol. The van der Waals surface area contributed by atoms with Gasteiger partial charge in [0.2, 0.25) is 0 Å². The van der Waals surface area contributed by atoms with Crippen molar-refractivity contribution in [1.29, 1.82) is 0 Å². The maximum absolute atomic E-state index is 14.0. The number of benzene rings is 2. The van der Waals surface area contributed by atoms with E-state index in [4.69, 9.17) is 9.47 Å². The molecule has 8 heteroatoms. The van der Waals surface area contributed by atoms with Gasteiger partial charge in [0.1, 0.15) is 18.2 Å². The van der Waals surface area contributed by atoms with Gasteiger partial charge in [0.15, 0.2) is 0 Å². The topological polar surface area (TPSA) is 71.1 Å². The van der Waals surface area contributed by atoms with E-state index >= 15 is 0 Å². The Labute approximate surface area is 200 Å². The van der Waals surface area contributed by atoms with Crippen LogP contribution in [0.2, 0.25) is 0 Å². The van der Waals surface area contributed by atoms with E-state index in [2.05, 4.69) is 31.0 Å². The lowest BCUT2D eigenvalue weighted by Gasteiger charge is -2.35. The van der Waals surface area contributed by atoms with Crippen LogP contribution in [-0.2, 0) is 4.74 Å².